The number of aromatic nitrogens is 2. The first-order valence-electron chi connectivity index (χ1n) is 17.3. The highest BCUT2D eigenvalue weighted by Crippen LogP contribution is 2.43. The Balaban J connectivity index is 0.976. The molecule has 264 valence electrons. The largest absolute Gasteiger partial charge is 0.451 e. The van der Waals surface area contributed by atoms with Crippen LogP contribution in [-0.4, -0.2) is 60.5 Å². The van der Waals surface area contributed by atoms with Gasteiger partial charge in [-0.25, -0.2) is 9.37 Å². The standard InChI is InChI=1S/C40H37FN6O5/c1-24-18-30(36(43-20-24)46-22-40(23-46)12-16-51-17-13-40)37(48)44-28-8-6-26(7-9-28)39(50)47-15-11-27-19-33(52-35(27)29-10-14-42-21-32(29)47)38(49)45-34-25(2)4-3-5-31(34)41/h3-10,14,18-21H,11-13,15-17,22-23H2,1-2H3,(H,44,48)(H,45,49). The molecule has 2 N–H and O–H groups in total. The van der Waals surface area contributed by atoms with Crippen LogP contribution in [0.5, 0.6) is 0 Å². The van der Waals surface area contributed by atoms with E-state index >= 15 is 0 Å². The van der Waals surface area contributed by atoms with Crippen molar-refractivity contribution in [2.24, 2.45) is 5.41 Å². The van der Waals surface area contributed by atoms with Crippen molar-refractivity contribution in [2.75, 3.05) is 53.3 Å². The number of fused-ring (bicyclic) bond motifs is 3. The number of nitrogens with zero attached hydrogens (tertiary/aromatic N) is 4. The number of hydrogen-bond donors (Lipinski definition) is 2. The lowest BCUT2D eigenvalue weighted by Gasteiger charge is -2.53. The third-order valence-corrected chi connectivity index (χ3v) is 10.2. The zero-order valence-corrected chi connectivity index (χ0v) is 28.9. The second kappa shape index (κ2) is 13.3. The number of amides is 3. The fourth-order valence-electron chi connectivity index (χ4n) is 7.34. The highest BCUT2D eigenvalue weighted by Gasteiger charge is 2.45. The number of nitrogens with one attached hydrogen (secondary N) is 2. The van der Waals surface area contributed by atoms with E-state index in [9.17, 15) is 18.8 Å². The topological polar surface area (TPSA) is 130 Å². The van der Waals surface area contributed by atoms with Gasteiger partial charge in [-0.3, -0.25) is 19.4 Å². The molecule has 0 radical (unpaired) electrons. The molecule has 3 aliphatic rings. The number of furan rings is 1. The van der Waals surface area contributed by atoms with Gasteiger partial charge in [-0.1, -0.05) is 12.1 Å². The first-order valence-corrected chi connectivity index (χ1v) is 17.3. The number of pyridine rings is 2. The van der Waals surface area contributed by atoms with Crippen LogP contribution >= 0.6 is 0 Å². The Bertz CT molecular complexity index is 2180. The van der Waals surface area contributed by atoms with Crippen LogP contribution in [0.4, 0.5) is 27.3 Å². The Kier molecular flexibility index (Phi) is 8.54. The number of hydrogen-bond acceptors (Lipinski definition) is 8. The van der Waals surface area contributed by atoms with E-state index in [4.69, 9.17) is 9.15 Å². The van der Waals surface area contributed by atoms with E-state index in [-0.39, 0.29) is 28.7 Å². The SMILES string of the molecule is Cc1cnc(N2CC3(CCOCC3)C2)c(C(=O)Nc2ccc(C(=O)N3CCc4cc(C(=O)Nc5c(C)cccc5F)oc4-c4ccncc43)cc2)c1. The predicted molar refractivity (Wildman–Crippen MR) is 194 cm³/mol. The maximum absolute atomic E-state index is 14.4. The number of para-hydroxylation sites is 1. The Hall–Kier alpha value is -5.88. The molecule has 0 saturated carbocycles. The van der Waals surface area contributed by atoms with Gasteiger partial charge in [0.05, 0.1) is 23.1 Å². The lowest BCUT2D eigenvalue weighted by molar-refractivity contribution is -0.000511. The third kappa shape index (κ3) is 6.19. The smallest absolute Gasteiger partial charge is 0.291 e. The first kappa shape index (κ1) is 33.3. The molecule has 0 bridgehead atoms. The molecular formula is C40H37FN6O5. The highest BCUT2D eigenvalue weighted by atomic mass is 19.1. The second-order valence-corrected chi connectivity index (χ2v) is 13.8. The van der Waals surface area contributed by atoms with Gasteiger partial charge >= 0.3 is 0 Å². The van der Waals surface area contributed by atoms with Crippen molar-refractivity contribution in [3.63, 3.8) is 0 Å². The molecule has 12 heteroatoms. The molecule has 0 aliphatic carbocycles. The molecule has 3 aromatic heterocycles. The Morgan fingerprint density at radius 1 is 0.923 bits per heavy atom. The van der Waals surface area contributed by atoms with Gasteiger partial charge in [0, 0.05) is 73.0 Å². The van der Waals surface area contributed by atoms with Crippen molar-refractivity contribution in [3.8, 4) is 11.3 Å². The minimum atomic E-state index is -0.573. The van der Waals surface area contributed by atoms with Gasteiger partial charge in [-0.2, -0.15) is 0 Å². The number of carbonyl (C=O) groups is 3. The number of benzene rings is 2. The third-order valence-electron chi connectivity index (χ3n) is 10.2. The van der Waals surface area contributed by atoms with Crippen molar-refractivity contribution < 1.29 is 27.9 Å². The fraction of sp³-hybridized carbons (Fsp3) is 0.275. The van der Waals surface area contributed by atoms with Crippen molar-refractivity contribution in [3.05, 3.63) is 119 Å². The van der Waals surface area contributed by atoms with E-state index in [2.05, 4.69) is 25.5 Å². The lowest BCUT2D eigenvalue weighted by Crippen LogP contribution is -2.59. The summed E-state index contributed by atoms with van der Waals surface area (Å²) in [5, 5.41) is 5.61. The van der Waals surface area contributed by atoms with Crippen LogP contribution in [0.2, 0.25) is 0 Å². The normalized spacial score (nSPS) is 16.0. The summed E-state index contributed by atoms with van der Waals surface area (Å²) in [6.45, 7) is 7.17. The van der Waals surface area contributed by atoms with E-state index < -0.39 is 11.7 Å². The maximum atomic E-state index is 14.4. The highest BCUT2D eigenvalue weighted by molar-refractivity contribution is 6.10. The van der Waals surface area contributed by atoms with Crippen molar-refractivity contribution in [1.29, 1.82) is 0 Å². The van der Waals surface area contributed by atoms with Crippen LogP contribution in [0.25, 0.3) is 11.3 Å². The molecule has 0 unspecified atom stereocenters. The molecule has 2 saturated heterocycles. The van der Waals surface area contributed by atoms with Crippen molar-refractivity contribution in [1.82, 2.24) is 9.97 Å². The van der Waals surface area contributed by atoms with Crippen LogP contribution in [0.1, 0.15) is 60.8 Å². The summed E-state index contributed by atoms with van der Waals surface area (Å²) < 4.78 is 26.0. The molecular weight excluding hydrogens is 663 g/mol. The average Bonchev–Trinajstić information content (AvgIpc) is 3.51. The fourth-order valence-corrected chi connectivity index (χ4v) is 7.34. The van der Waals surface area contributed by atoms with Crippen molar-refractivity contribution in [2.45, 2.75) is 33.1 Å². The summed E-state index contributed by atoms with van der Waals surface area (Å²) in [4.78, 5) is 53.4. The van der Waals surface area contributed by atoms with Crippen LogP contribution in [-0.2, 0) is 11.2 Å². The molecule has 1 spiro atoms. The summed E-state index contributed by atoms with van der Waals surface area (Å²) in [7, 11) is 0. The lowest BCUT2D eigenvalue weighted by atomic mass is 9.73. The number of aryl methyl sites for hydroxylation is 2. The molecule has 11 nitrogen and oxygen atoms in total. The van der Waals surface area contributed by atoms with Crippen molar-refractivity contribution >= 4 is 40.6 Å². The minimum Gasteiger partial charge on any atom is -0.451 e. The zero-order valence-electron chi connectivity index (χ0n) is 28.9. The van der Waals surface area contributed by atoms with Crippen LogP contribution < -0.4 is 20.4 Å². The van der Waals surface area contributed by atoms with E-state index in [1.54, 1.807) is 78.9 Å². The summed E-state index contributed by atoms with van der Waals surface area (Å²) in [6.07, 6.45) is 7.41. The molecule has 2 fully saturated rings. The van der Waals surface area contributed by atoms with Crippen LogP contribution in [0.3, 0.4) is 0 Å². The molecule has 3 amide bonds. The van der Waals surface area contributed by atoms with E-state index in [0.29, 0.717) is 58.2 Å². The molecule has 52 heavy (non-hydrogen) atoms. The second-order valence-electron chi connectivity index (χ2n) is 13.8. The number of ether oxygens (including phenoxy) is 1. The molecule has 6 heterocycles. The average molecular weight is 701 g/mol. The van der Waals surface area contributed by atoms with E-state index in [1.807, 2.05) is 13.0 Å². The number of rotatable bonds is 6. The van der Waals surface area contributed by atoms with E-state index in [0.717, 1.165) is 50.3 Å². The molecule has 8 rings (SSSR count). The molecule has 0 atom stereocenters. The van der Waals surface area contributed by atoms with Gasteiger partial charge in [-0.15, -0.1) is 0 Å². The van der Waals surface area contributed by atoms with Gasteiger partial charge in [0.2, 0.25) is 0 Å². The Morgan fingerprint density at radius 2 is 1.71 bits per heavy atom. The van der Waals surface area contributed by atoms with E-state index in [1.165, 1.54) is 6.07 Å². The van der Waals surface area contributed by atoms with Gasteiger partial charge in [0.1, 0.15) is 17.4 Å². The monoisotopic (exact) mass is 700 g/mol. The van der Waals surface area contributed by atoms with Gasteiger partial charge in [-0.05, 0) is 92.8 Å². The number of anilines is 4. The van der Waals surface area contributed by atoms with Gasteiger partial charge in [0.25, 0.3) is 17.7 Å². The van der Waals surface area contributed by atoms with Crippen LogP contribution in [0, 0.1) is 25.1 Å². The first-order chi connectivity index (χ1) is 25.2. The maximum Gasteiger partial charge on any atom is 0.291 e. The number of carbonyl (C=O) groups excluding carboxylic acids is 3. The Labute approximate surface area is 299 Å². The van der Waals surface area contributed by atoms with Crippen LogP contribution in [0.15, 0.2) is 83.7 Å². The summed E-state index contributed by atoms with van der Waals surface area (Å²) in [6, 6.07) is 16.6. The number of halogens is 1. The molecule has 3 aliphatic heterocycles. The van der Waals surface area contributed by atoms with Gasteiger partial charge < -0.3 is 29.6 Å². The van der Waals surface area contributed by atoms with Gasteiger partial charge in [0.15, 0.2) is 5.76 Å². The quantitative estimate of drug-likeness (QED) is 0.198. The molecule has 2 aromatic carbocycles. The zero-order chi connectivity index (χ0) is 36.0. The Morgan fingerprint density at radius 3 is 2.48 bits per heavy atom. The molecule has 5 aromatic rings. The summed E-state index contributed by atoms with van der Waals surface area (Å²) in [5.74, 6) is -0.469. The summed E-state index contributed by atoms with van der Waals surface area (Å²) >= 11 is 0. The predicted octanol–water partition coefficient (Wildman–Crippen LogP) is 6.82. The minimum absolute atomic E-state index is 0.0366. The summed E-state index contributed by atoms with van der Waals surface area (Å²) in [5.41, 5.74) is 5.16.